The molecule has 0 aliphatic carbocycles. The summed E-state index contributed by atoms with van der Waals surface area (Å²) in [7, 11) is 1.68. The first-order valence-electron chi connectivity index (χ1n) is 4.81. The van der Waals surface area contributed by atoms with E-state index in [2.05, 4.69) is 18.8 Å². The Kier molecular flexibility index (Phi) is 4.05. The van der Waals surface area contributed by atoms with E-state index in [9.17, 15) is 0 Å². The van der Waals surface area contributed by atoms with Crippen LogP contribution in [0.25, 0.3) is 0 Å². The molecule has 0 amide bonds. The summed E-state index contributed by atoms with van der Waals surface area (Å²) in [6, 6.07) is 7.89. The van der Waals surface area contributed by atoms with Crippen LogP contribution in [0.5, 0.6) is 5.75 Å². The number of nitrogens with one attached hydrogen (secondary N) is 1. The maximum atomic E-state index is 5.22. The SMILES string of the molecule is C=C(CC)CNc1ccccc1OC. The Morgan fingerprint density at radius 3 is 2.79 bits per heavy atom. The highest BCUT2D eigenvalue weighted by molar-refractivity contribution is 5.56. The summed E-state index contributed by atoms with van der Waals surface area (Å²) in [5.74, 6) is 0.872. The van der Waals surface area contributed by atoms with E-state index in [-0.39, 0.29) is 0 Å². The molecule has 1 aromatic carbocycles. The van der Waals surface area contributed by atoms with Crippen LogP contribution in [0.1, 0.15) is 13.3 Å². The molecule has 0 saturated carbocycles. The highest BCUT2D eigenvalue weighted by atomic mass is 16.5. The molecule has 0 heterocycles. The minimum atomic E-state index is 0.802. The van der Waals surface area contributed by atoms with Crippen molar-refractivity contribution < 1.29 is 4.74 Å². The molecule has 0 bridgehead atoms. The molecule has 2 heteroatoms. The van der Waals surface area contributed by atoms with Crippen LogP contribution in [0, 0.1) is 0 Å². The number of hydrogen-bond acceptors (Lipinski definition) is 2. The summed E-state index contributed by atoms with van der Waals surface area (Å²) in [4.78, 5) is 0. The first-order valence-corrected chi connectivity index (χ1v) is 4.81. The molecule has 76 valence electrons. The quantitative estimate of drug-likeness (QED) is 0.722. The lowest BCUT2D eigenvalue weighted by atomic mass is 10.2. The zero-order chi connectivity index (χ0) is 10.4. The van der Waals surface area contributed by atoms with Gasteiger partial charge in [-0.15, -0.1) is 0 Å². The van der Waals surface area contributed by atoms with E-state index >= 15 is 0 Å². The first-order chi connectivity index (χ1) is 6.77. The van der Waals surface area contributed by atoms with Crippen LogP contribution in [0.3, 0.4) is 0 Å². The standard InChI is InChI=1S/C12H17NO/c1-4-10(2)9-13-11-7-5-6-8-12(11)14-3/h5-8,13H,2,4,9H2,1,3H3. The Bertz CT molecular complexity index is 307. The van der Waals surface area contributed by atoms with Gasteiger partial charge in [0.1, 0.15) is 5.75 Å². The number of methoxy groups -OCH3 is 1. The maximum Gasteiger partial charge on any atom is 0.141 e. The van der Waals surface area contributed by atoms with Crippen molar-refractivity contribution in [1.82, 2.24) is 0 Å². The van der Waals surface area contributed by atoms with E-state index in [1.165, 1.54) is 5.57 Å². The summed E-state index contributed by atoms with van der Waals surface area (Å²) < 4.78 is 5.22. The number of para-hydroxylation sites is 2. The van der Waals surface area contributed by atoms with Crippen LogP contribution < -0.4 is 10.1 Å². The van der Waals surface area contributed by atoms with Gasteiger partial charge < -0.3 is 10.1 Å². The summed E-state index contributed by atoms with van der Waals surface area (Å²) in [5, 5.41) is 3.29. The molecule has 0 aromatic heterocycles. The lowest BCUT2D eigenvalue weighted by Crippen LogP contribution is -2.04. The van der Waals surface area contributed by atoms with Crippen molar-refractivity contribution in [3.63, 3.8) is 0 Å². The van der Waals surface area contributed by atoms with Gasteiger partial charge in [-0.1, -0.05) is 31.2 Å². The van der Waals surface area contributed by atoms with Gasteiger partial charge in [-0.3, -0.25) is 0 Å². The van der Waals surface area contributed by atoms with Crippen molar-refractivity contribution in [3.8, 4) is 5.75 Å². The van der Waals surface area contributed by atoms with Gasteiger partial charge in [0, 0.05) is 6.54 Å². The summed E-state index contributed by atoms with van der Waals surface area (Å²) in [5.41, 5.74) is 2.21. The Balaban J connectivity index is 2.61. The van der Waals surface area contributed by atoms with Crippen molar-refractivity contribution in [2.75, 3.05) is 19.0 Å². The Morgan fingerprint density at radius 2 is 2.14 bits per heavy atom. The van der Waals surface area contributed by atoms with E-state index in [0.717, 1.165) is 24.4 Å². The second kappa shape index (κ2) is 5.32. The van der Waals surface area contributed by atoms with Crippen molar-refractivity contribution in [3.05, 3.63) is 36.4 Å². The van der Waals surface area contributed by atoms with Crippen LogP contribution in [-0.4, -0.2) is 13.7 Å². The minimum absolute atomic E-state index is 0.802. The molecule has 0 unspecified atom stereocenters. The van der Waals surface area contributed by atoms with Crippen molar-refractivity contribution in [1.29, 1.82) is 0 Å². The molecule has 0 radical (unpaired) electrons. The van der Waals surface area contributed by atoms with Crippen molar-refractivity contribution in [2.45, 2.75) is 13.3 Å². The highest BCUT2D eigenvalue weighted by Gasteiger charge is 1.99. The molecular weight excluding hydrogens is 174 g/mol. The first kappa shape index (κ1) is 10.6. The van der Waals surface area contributed by atoms with Gasteiger partial charge in [0.05, 0.1) is 12.8 Å². The van der Waals surface area contributed by atoms with Gasteiger partial charge in [-0.2, -0.15) is 0 Å². The number of anilines is 1. The second-order valence-electron chi connectivity index (χ2n) is 3.16. The summed E-state index contributed by atoms with van der Waals surface area (Å²) in [6.07, 6.45) is 1.00. The van der Waals surface area contributed by atoms with Gasteiger partial charge in [0.15, 0.2) is 0 Å². The van der Waals surface area contributed by atoms with Gasteiger partial charge in [-0.25, -0.2) is 0 Å². The molecular formula is C12H17NO. The van der Waals surface area contributed by atoms with Gasteiger partial charge in [-0.05, 0) is 18.6 Å². The molecule has 0 aliphatic heterocycles. The largest absolute Gasteiger partial charge is 0.495 e. The van der Waals surface area contributed by atoms with E-state index in [0.29, 0.717) is 0 Å². The molecule has 0 saturated heterocycles. The molecule has 0 atom stereocenters. The zero-order valence-corrected chi connectivity index (χ0v) is 8.84. The van der Waals surface area contributed by atoms with Crippen LogP contribution in [0.2, 0.25) is 0 Å². The number of benzene rings is 1. The normalized spacial score (nSPS) is 9.57. The van der Waals surface area contributed by atoms with Gasteiger partial charge in [0.25, 0.3) is 0 Å². The monoisotopic (exact) mass is 191 g/mol. The fourth-order valence-corrected chi connectivity index (χ4v) is 1.14. The van der Waals surface area contributed by atoms with Gasteiger partial charge in [0.2, 0.25) is 0 Å². The van der Waals surface area contributed by atoms with Crippen molar-refractivity contribution in [2.24, 2.45) is 0 Å². The second-order valence-corrected chi connectivity index (χ2v) is 3.16. The predicted molar refractivity (Wildman–Crippen MR) is 60.9 cm³/mol. The average Bonchev–Trinajstić information content (AvgIpc) is 2.26. The number of ether oxygens (including phenoxy) is 1. The summed E-state index contributed by atoms with van der Waals surface area (Å²) in [6.45, 7) is 6.85. The highest BCUT2D eigenvalue weighted by Crippen LogP contribution is 2.23. The third-order valence-corrected chi connectivity index (χ3v) is 2.14. The fourth-order valence-electron chi connectivity index (χ4n) is 1.14. The van der Waals surface area contributed by atoms with Crippen LogP contribution in [0.15, 0.2) is 36.4 Å². The third kappa shape index (κ3) is 2.80. The van der Waals surface area contributed by atoms with E-state index in [1.807, 2.05) is 24.3 Å². The fraction of sp³-hybridized carbons (Fsp3) is 0.333. The third-order valence-electron chi connectivity index (χ3n) is 2.14. The van der Waals surface area contributed by atoms with Crippen molar-refractivity contribution >= 4 is 5.69 Å². The smallest absolute Gasteiger partial charge is 0.141 e. The minimum Gasteiger partial charge on any atom is -0.495 e. The molecule has 1 N–H and O–H groups in total. The Hall–Kier alpha value is -1.44. The van der Waals surface area contributed by atoms with Gasteiger partial charge >= 0.3 is 0 Å². The predicted octanol–water partition coefficient (Wildman–Crippen LogP) is 3.07. The van der Waals surface area contributed by atoms with E-state index in [4.69, 9.17) is 4.74 Å². The zero-order valence-electron chi connectivity index (χ0n) is 8.84. The topological polar surface area (TPSA) is 21.3 Å². The number of rotatable bonds is 5. The summed E-state index contributed by atoms with van der Waals surface area (Å²) >= 11 is 0. The lowest BCUT2D eigenvalue weighted by Gasteiger charge is -2.11. The van der Waals surface area contributed by atoms with E-state index < -0.39 is 0 Å². The van der Waals surface area contributed by atoms with Crippen LogP contribution >= 0.6 is 0 Å². The van der Waals surface area contributed by atoms with Crippen LogP contribution in [0.4, 0.5) is 5.69 Å². The molecule has 14 heavy (non-hydrogen) atoms. The molecule has 0 spiro atoms. The lowest BCUT2D eigenvalue weighted by molar-refractivity contribution is 0.416. The molecule has 2 nitrogen and oxygen atoms in total. The molecule has 1 aromatic rings. The molecule has 1 rings (SSSR count). The Labute approximate surface area is 85.6 Å². The Morgan fingerprint density at radius 1 is 1.43 bits per heavy atom. The maximum absolute atomic E-state index is 5.22. The van der Waals surface area contributed by atoms with Crippen LogP contribution in [-0.2, 0) is 0 Å². The number of hydrogen-bond donors (Lipinski definition) is 1. The molecule has 0 aliphatic rings. The average molecular weight is 191 g/mol. The van der Waals surface area contributed by atoms with E-state index in [1.54, 1.807) is 7.11 Å². The molecule has 0 fully saturated rings.